The zero-order valence-corrected chi connectivity index (χ0v) is 45.3. The number of hydrogen-bond acceptors (Lipinski definition) is 3. The number of para-hydroxylation sites is 5. The van der Waals surface area contributed by atoms with Crippen LogP contribution in [0, 0.1) is 0 Å². The molecule has 81 heavy (non-hydrogen) atoms. The van der Waals surface area contributed by atoms with Crippen molar-refractivity contribution in [3.05, 3.63) is 279 Å². The maximum absolute atomic E-state index is 7.32. The van der Waals surface area contributed by atoms with E-state index in [-0.39, 0.29) is 12.1 Å². The maximum Gasteiger partial charge on any atom is 0.252 e. The Bertz CT molecular complexity index is 4600. The van der Waals surface area contributed by atoms with Crippen molar-refractivity contribution in [3.63, 3.8) is 0 Å². The first-order valence-electron chi connectivity index (χ1n) is 28.2. The van der Waals surface area contributed by atoms with Crippen molar-refractivity contribution in [1.29, 1.82) is 0 Å². The molecule has 3 aliphatic rings. The van der Waals surface area contributed by atoms with Gasteiger partial charge in [-0.2, -0.15) is 0 Å². The zero-order valence-electron chi connectivity index (χ0n) is 45.3. The SMILES string of the molecule is CC(C)(C)c1cc2c3c(c1)-c1ccccc1Oc1ccccc1-c1cccc(-c4ccccc4)c1N3c1cc(-n3c4ccccc4c4ccccc43)cc3c1B2c1cc(-c2ccccc2)ccc1N3c1ccc(-c2ccccc2)cc1. The first-order chi connectivity index (χ1) is 39.8. The molecule has 3 aliphatic heterocycles. The van der Waals surface area contributed by atoms with E-state index in [9.17, 15) is 0 Å². The van der Waals surface area contributed by atoms with Crippen LogP contribution in [-0.4, -0.2) is 11.3 Å². The molecule has 382 valence electrons. The summed E-state index contributed by atoms with van der Waals surface area (Å²) in [5.41, 5.74) is 26.1. The Morgan fingerprint density at radius 1 is 0.333 bits per heavy atom. The van der Waals surface area contributed by atoms with Crippen LogP contribution in [0.2, 0.25) is 0 Å². The lowest BCUT2D eigenvalue weighted by Gasteiger charge is -2.46. The Kier molecular flexibility index (Phi) is 10.6. The molecule has 0 unspecified atom stereocenters. The summed E-state index contributed by atoms with van der Waals surface area (Å²) in [6.07, 6.45) is 0. The lowest BCUT2D eigenvalue weighted by Crippen LogP contribution is -2.61. The van der Waals surface area contributed by atoms with Gasteiger partial charge in [-0.25, -0.2) is 0 Å². The third-order valence-electron chi connectivity index (χ3n) is 17.1. The number of nitrogens with zero attached hydrogens (tertiary/aromatic N) is 3. The van der Waals surface area contributed by atoms with Gasteiger partial charge in [0.1, 0.15) is 11.5 Å². The van der Waals surface area contributed by atoms with E-state index in [1.165, 1.54) is 55.0 Å². The summed E-state index contributed by atoms with van der Waals surface area (Å²) in [4.78, 5) is 5.25. The minimum absolute atomic E-state index is 0.205. The fraction of sp³-hybridized carbons (Fsp3) is 0.0526. The third kappa shape index (κ3) is 7.39. The van der Waals surface area contributed by atoms with Crippen molar-refractivity contribution in [2.24, 2.45) is 0 Å². The van der Waals surface area contributed by atoms with E-state index in [2.05, 4.69) is 308 Å². The molecule has 16 rings (SSSR count). The molecule has 4 heterocycles. The number of aromatic nitrogens is 1. The van der Waals surface area contributed by atoms with Crippen LogP contribution in [0.4, 0.5) is 34.1 Å². The van der Waals surface area contributed by atoms with Gasteiger partial charge in [0.05, 0.1) is 22.4 Å². The second kappa shape index (κ2) is 18.2. The normalized spacial score (nSPS) is 12.9. The summed E-state index contributed by atoms with van der Waals surface area (Å²) in [6, 6.07) is 101. The van der Waals surface area contributed by atoms with E-state index < -0.39 is 0 Å². The standard InChI is InChI=1S/C76H54BN3O/c1-76(2,3)54-45-63-61-31-16-20-37-72(61)81-71-36-19-15-30-60(71)62-33-21-32-57(52-26-11-6-12-27-52)74(62)80-70-48-56(79-66-34-17-13-28-58(66)59-29-14-18-35-67(59)79)47-69-73(70)77(65(46-54)75(63)80)64-44-53(50-24-9-5-10-25-50)40-43-68(64)78(69)55-41-38-51(39-42-55)49-22-7-4-8-23-49/h4-48H,1-3H3. The summed E-state index contributed by atoms with van der Waals surface area (Å²) in [7, 11) is 0. The van der Waals surface area contributed by atoms with Gasteiger partial charge < -0.3 is 19.1 Å². The molecule has 13 aromatic rings. The number of rotatable bonds is 5. The largest absolute Gasteiger partial charge is 0.456 e. The topological polar surface area (TPSA) is 20.6 Å². The first kappa shape index (κ1) is 47.0. The van der Waals surface area contributed by atoms with Crippen LogP contribution in [0.5, 0.6) is 11.5 Å². The van der Waals surface area contributed by atoms with Crippen LogP contribution in [-0.2, 0) is 5.41 Å². The van der Waals surface area contributed by atoms with Crippen molar-refractivity contribution < 1.29 is 4.74 Å². The second-order valence-corrected chi connectivity index (χ2v) is 22.8. The molecule has 0 atom stereocenters. The van der Waals surface area contributed by atoms with Crippen LogP contribution < -0.4 is 30.9 Å². The highest BCUT2D eigenvalue weighted by Gasteiger charge is 2.47. The van der Waals surface area contributed by atoms with E-state index in [0.717, 1.165) is 95.7 Å². The average Bonchev–Trinajstić information content (AvgIpc) is 3.96. The quantitative estimate of drug-likeness (QED) is 0.160. The predicted molar refractivity (Wildman–Crippen MR) is 341 cm³/mol. The highest BCUT2D eigenvalue weighted by molar-refractivity contribution is 7.00. The molecule has 0 spiro atoms. The number of hydrogen-bond donors (Lipinski definition) is 0. The maximum atomic E-state index is 7.32. The van der Waals surface area contributed by atoms with Gasteiger partial charge in [0.2, 0.25) is 0 Å². The minimum atomic E-state index is -0.222. The van der Waals surface area contributed by atoms with Gasteiger partial charge >= 0.3 is 0 Å². The van der Waals surface area contributed by atoms with Gasteiger partial charge in [-0.05, 0) is 116 Å². The molecule has 0 saturated carbocycles. The Hall–Kier alpha value is -10.1. The fourth-order valence-corrected chi connectivity index (χ4v) is 13.4. The van der Waals surface area contributed by atoms with Gasteiger partial charge in [-0.3, -0.25) is 0 Å². The molecular formula is C76H54BN3O. The molecule has 5 heteroatoms. The highest BCUT2D eigenvalue weighted by atomic mass is 16.5. The second-order valence-electron chi connectivity index (χ2n) is 22.8. The van der Waals surface area contributed by atoms with E-state index in [0.29, 0.717) is 0 Å². The van der Waals surface area contributed by atoms with Gasteiger partial charge in [0.25, 0.3) is 6.71 Å². The van der Waals surface area contributed by atoms with Crippen molar-refractivity contribution in [3.8, 4) is 72.8 Å². The predicted octanol–water partition coefficient (Wildman–Crippen LogP) is 18.6. The van der Waals surface area contributed by atoms with E-state index in [4.69, 9.17) is 4.74 Å². The molecule has 0 fully saturated rings. The number of anilines is 6. The first-order valence-corrected chi connectivity index (χ1v) is 28.2. The molecule has 12 aromatic carbocycles. The molecule has 0 aliphatic carbocycles. The smallest absolute Gasteiger partial charge is 0.252 e. The summed E-state index contributed by atoms with van der Waals surface area (Å²) in [5, 5.41) is 2.44. The molecule has 0 N–H and O–H groups in total. The molecule has 0 amide bonds. The van der Waals surface area contributed by atoms with Crippen molar-refractivity contribution in [1.82, 2.24) is 4.57 Å². The number of fused-ring (bicyclic) bond motifs is 13. The summed E-state index contributed by atoms with van der Waals surface area (Å²) < 4.78 is 9.83. The lowest BCUT2D eigenvalue weighted by molar-refractivity contribution is 0.486. The Morgan fingerprint density at radius 3 is 1.48 bits per heavy atom. The molecule has 4 nitrogen and oxygen atoms in total. The Morgan fingerprint density at radius 2 is 0.840 bits per heavy atom. The molecule has 0 bridgehead atoms. The van der Waals surface area contributed by atoms with E-state index in [1.807, 2.05) is 0 Å². The van der Waals surface area contributed by atoms with Crippen LogP contribution in [0.25, 0.3) is 83.1 Å². The Labute approximate surface area is 473 Å². The minimum Gasteiger partial charge on any atom is -0.456 e. The van der Waals surface area contributed by atoms with Crippen molar-refractivity contribution >= 4 is 79.0 Å². The molecular weight excluding hydrogens is 982 g/mol. The number of ether oxygens (including phenoxy) is 1. The van der Waals surface area contributed by atoms with E-state index >= 15 is 0 Å². The van der Waals surface area contributed by atoms with Crippen LogP contribution in [0.1, 0.15) is 26.3 Å². The van der Waals surface area contributed by atoms with Crippen LogP contribution >= 0.6 is 0 Å². The van der Waals surface area contributed by atoms with Crippen molar-refractivity contribution in [2.75, 3.05) is 9.80 Å². The third-order valence-corrected chi connectivity index (χ3v) is 17.1. The fourth-order valence-electron chi connectivity index (χ4n) is 13.4. The van der Waals surface area contributed by atoms with Gasteiger partial charge in [-0.1, -0.05) is 233 Å². The lowest BCUT2D eigenvalue weighted by atomic mass is 9.33. The summed E-state index contributed by atoms with van der Waals surface area (Å²) in [5.74, 6) is 1.61. The number of benzene rings is 12. The summed E-state index contributed by atoms with van der Waals surface area (Å²) >= 11 is 0. The molecule has 0 saturated heterocycles. The molecule has 1 aromatic heterocycles. The summed E-state index contributed by atoms with van der Waals surface area (Å²) in [6.45, 7) is 6.85. The van der Waals surface area contributed by atoms with Crippen molar-refractivity contribution in [2.45, 2.75) is 26.2 Å². The van der Waals surface area contributed by atoms with Crippen LogP contribution in [0.15, 0.2) is 273 Å². The van der Waals surface area contributed by atoms with Gasteiger partial charge in [0, 0.05) is 67.0 Å². The van der Waals surface area contributed by atoms with E-state index in [1.54, 1.807) is 0 Å². The Balaban J connectivity index is 1.12. The average molecular weight is 1040 g/mol. The van der Waals surface area contributed by atoms with Gasteiger partial charge in [0.15, 0.2) is 0 Å². The van der Waals surface area contributed by atoms with Gasteiger partial charge in [-0.15, -0.1) is 0 Å². The highest BCUT2D eigenvalue weighted by Crippen LogP contribution is 2.56. The van der Waals surface area contributed by atoms with Crippen LogP contribution in [0.3, 0.4) is 0 Å². The monoisotopic (exact) mass is 1040 g/mol. The molecule has 0 radical (unpaired) electrons. The zero-order chi connectivity index (χ0) is 53.9.